The van der Waals surface area contributed by atoms with Crippen molar-refractivity contribution in [1.29, 1.82) is 0 Å². The normalized spacial score (nSPS) is 21.6. The summed E-state index contributed by atoms with van der Waals surface area (Å²) in [5.74, 6) is 2.24. The van der Waals surface area contributed by atoms with Crippen LogP contribution in [0.15, 0.2) is 0 Å². The summed E-state index contributed by atoms with van der Waals surface area (Å²) in [6.07, 6.45) is 25.7. The van der Waals surface area contributed by atoms with Gasteiger partial charge in [0, 0.05) is 5.41 Å². The Labute approximate surface area is 164 Å². The van der Waals surface area contributed by atoms with E-state index >= 15 is 0 Å². The van der Waals surface area contributed by atoms with Crippen molar-refractivity contribution in [1.82, 2.24) is 0 Å². The molecular weight excluding hydrogens is 316 g/mol. The third-order valence-electron chi connectivity index (χ3n) is 7.85. The van der Waals surface area contributed by atoms with Crippen molar-refractivity contribution in [2.45, 2.75) is 129 Å². The van der Waals surface area contributed by atoms with E-state index in [1.54, 1.807) is 0 Å². The lowest BCUT2D eigenvalue weighted by Gasteiger charge is -2.46. The van der Waals surface area contributed by atoms with Crippen LogP contribution in [0.3, 0.4) is 0 Å². The highest BCUT2D eigenvalue weighted by molar-refractivity contribution is 5.61. The lowest BCUT2D eigenvalue weighted by molar-refractivity contribution is -0.126. The maximum absolute atomic E-state index is 12.7. The van der Waals surface area contributed by atoms with Crippen molar-refractivity contribution in [3.05, 3.63) is 0 Å². The molecule has 1 nitrogen and oxygen atoms in total. The van der Waals surface area contributed by atoms with Crippen LogP contribution < -0.4 is 0 Å². The number of carbonyl (C=O) groups excluding carboxylic acids is 1. The summed E-state index contributed by atoms with van der Waals surface area (Å²) in [7, 11) is 0. The van der Waals surface area contributed by atoms with Gasteiger partial charge < -0.3 is 4.79 Å². The molecule has 0 aliphatic heterocycles. The summed E-state index contributed by atoms with van der Waals surface area (Å²) in [5, 5.41) is 0. The third-order valence-corrected chi connectivity index (χ3v) is 7.85. The molecule has 2 saturated carbocycles. The Kier molecular flexibility index (Phi) is 10.3. The molecule has 0 amide bonds. The zero-order valence-corrected chi connectivity index (χ0v) is 17.9. The first-order valence-electron chi connectivity index (χ1n) is 12.2. The van der Waals surface area contributed by atoms with E-state index in [0.717, 1.165) is 5.92 Å². The van der Waals surface area contributed by atoms with Crippen molar-refractivity contribution in [3.63, 3.8) is 0 Å². The Balaban J connectivity index is 2.06. The molecule has 26 heavy (non-hydrogen) atoms. The van der Waals surface area contributed by atoms with E-state index < -0.39 is 0 Å². The molecule has 152 valence electrons. The van der Waals surface area contributed by atoms with Crippen molar-refractivity contribution in [2.24, 2.45) is 23.2 Å². The smallest absolute Gasteiger partial charge is 0.126 e. The lowest BCUT2D eigenvalue weighted by atomic mass is 9.57. The molecule has 2 aliphatic rings. The van der Waals surface area contributed by atoms with Crippen LogP contribution in [0.2, 0.25) is 0 Å². The molecule has 0 aromatic rings. The van der Waals surface area contributed by atoms with E-state index in [1.165, 1.54) is 122 Å². The maximum atomic E-state index is 12.7. The predicted molar refractivity (Wildman–Crippen MR) is 113 cm³/mol. The largest absolute Gasteiger partial charge is 0.303 e. The summed E-state index contributed by atoms with van der Waals surface area (Å²) >= 11 is 0. The molecule has 1 heteroatoms. The molecular formula is C25H46O. The van der Waals surface area contributed by atoms with Gasteiger partial charge in [0.2, 0.25) is 0 Å². The highest BCUT2D eigenvalue weighted by Gasteiger charge is 2.45. The monoisotopic (exact) mass is 362 g/mol. The first-order valence-corrected chi connectivity index (χ1v) is 12.2. The van der Waals surface area contributed by atoms with Crippen LogP contribution in [-0.4, -0.2) is 6.29 Å². The van der Waals surface area contributed by atoms with Crippen molar-refractivity contribution in [2.75, 3.05) is 0 Å². The number of aldehydes is 1. The molecule has 0 heterocycles. The van der Waals surface area contributed by atoms with E-state index in [9.17, 15) is 4.79 Å². The minimum Gasteiger partial charge on any atom is -0.303 e. The molecule has 1 atom stereocenters. The second kappa shape index (κ2) is 12.2. The van der Waals surface area contributed by atoms with Gasteiger partial charge in [-0.25, -0.2) is 0 Å². The van der Waals surface area contributed by atoms with Crippen LogP contribution >= 0.6 is 0 Å². The zero-order valence-electron chi connectivity index (χ0n) is 17.9. The van der Waals surface area contributed by atoms with Gasteiger partial charge in [0.1, 0.15) is 6.29 Å². The average molecular weight is 363 g/mol. The van der Waals surface area contributed by atoms with E-state index in [4.69, 9.17) is 0 Å². The fourth-order valence-electron chi connectivity index (χ4n) is 6.25. The van der Waals surface area contributed by atoms with Crippen LogP contribution in [0.5, 0.6) is 0 Å². The van der Waals surface area contributed by atoms with Gasteiger partial charge in [0.15, 0.2) is 0 Å². The van der Waals surface area contributed by atoms with Gasteiger partial charge in [-0.15, -0.1) is 0 Å². The second-order valence-corrected chi connectivity index (χ2v) is 9.59. The van der Waals surface area contributed by atoms with Gasteiger partial charge >= 0.3 is 0 Å². The Morgan fingerprint density at radius 3 is 1.81 bits per heavy atom. The zero-order chi connectivity index (χ0) is 18.7. The summed E-state index contributed by atoms with van der Waals surface area (Å²) < 4.78 is 0. The lowest BCUT2D eigenvalue weighted by Crippen LogP contribution is -2.42. The molecule has 0 aromatic heterocycles. The van der Waals surface area contributed by atoms with Crippen LogP contribution in [0, 0.1) is 23.2 Å². The van der Waals surface area contributed by atoms with E-state index in [-0.39, 0.29) is 5.41 Å². The third kappa shape index (κ3) is 6.10. The quantitative estimate of drug-likeness (QED) is 0.253. The topological polar surface area (TPSA) is 17.1 Å². The van der Waals surface area contributed by atoms with Gasteiger partial charge in [-0.05, 0) is 56.3 Å². The average Bonchev–Trinajstić information content (AvgIpc) is 2.70. The first kappa shape index (κ1) is 22.0. The number of hydrogen-bond donors (Lipinski definition) is 0. The summed E-state index contributed by atoms with van der Waals surface area (Å²) in [5.41, 5.74) is 0.0254. The van der Waals surface area contributed by atoms with Crippen LogP contribution in [0.25, 0.3) is 0 Å². The SMILES string of the molecule is CCCCCC(CCC)CCC(C=O)(C1CCCCC1)C1CCCCC1. The van der Waals surface area contributed by atoms with E-state index in [1.807, 2.05) is 0 Å². The van der Waals surface area contributed by atoms with E-state index in [2.05, 4.69) is 13.8 Å². The highest BCUT2D eigenvalue weighted by Crippen LogP contribution is 2.51. The highest BCUT2D eigenvalue weighted by atomic mass is 16.1. The molecule has 2 rings (SSSR count). The molecule has 1 unspecified atom stereocenters. The van der Waals surface area contributed by atoms with Gasteiger partial charge in [-0.2, -0.15) is 0 Å². The number of hydrogen-bond acceptors (Lipinski definition) is 1. The van der Waals surface area contributed by atoms with Crippen LogP contribution in [-0.2, 0) is 4.79 Å². The molecule has 0 radical (unpaired) electrons. The molecule has 0 saturated heterocycles. The predicted octanol–water partition coefficient (Wildman–Crippen LogP) is 8.11. The fraction of sp³-hybridized carbons (Fsp3) is 0.960. The first-order chi connectivity index (χ1) is 12.8. The number of carbonyl (C=O) groups is 1. The number of unbranched alkanes of at least 4 members (excludes halogenated alkanes) is 2. The van der Waals surface area contributed by atoms with Crippen LogP contribution in [0.1, 0.15) is 129 Å². The van der Waals surface area contributed by atoms with Crippen molar-refractivity contribution >= 4 is 6.29 Å². The summed E-state index contributed by atoms with van der Waals surface area (Å²) in [6, 6.07) is 0. The van der Waals surface area contributed by atoms with Gasteiger partial charge in [0.25, 0.3) is 0 Å². The summed E-state index contributed by atoms with van der Waals surface area (Å²) in [4.78, 5) is 12.7. The molecule has 0 N–H and O–H groups in total. The Bertz CT molecular complexity index is 344. The Morgan fingerprint density at radius 1 is 0.769 bits per heavy atom. The minimum atomic E-state index is 0.0254. The fourth-order valence-corrected chi connectivity index (χ4v) is 6.25. The second-order valence-electron chi connectivity index (χ2n) is 9.59. The molecule has 0 bridgehead atoms. The van der Waals surface area contributed by atoms with Crippen LogP contribution in [0.4, 0.5) is 0 Å². The van der Waals surface area contributed by atoms with E-state index in [0.29, 0.717) is 11.8 Å². The van der Waals surface area contributed by atoms with Crippen molar-refractivity contribution < 1.29 is 4.79 Å². The molecule has 0 aromatic carbocycles. The summed E-state index contributed by atoms with van der Waals surface area (Å²) in [6.45, 7) is 4.64. The van der Waals surface area contributed by atoms with Gasteiger partial charge in [-0.3, -0.25) is 0 Å². The minimum absolute atomic E-state index is 0.0254. The number of rotatable bonds is 12. The Hall–Kier alpha value is -0.330. The van der Waals surface area contributed by atoms with Gasteiger partial charge in [-0.1, -0.05) is 90.9 Å². The molecule has 0 spiro atoms. The molecule has 2 aliphatic carbocycles. The van der Waals surface area contributed by atoms with Crippen molar-refractivity contribution in [3.8, 4) is 0 Å². The van der Waals surface area contributed by atoms with Gasteiger partial charge in [0.05, 0.1) is 0 Å². The Morgan fingerprint density at radius 2 is 1.35 bits per heavy atom. The standard InChI is InChI=1S/C25H46O/c1-3-5-8-14-22(13-4-2)19-20-25(21-26,23-15-9-6-10-16-23)24-17-11-7-12-18-24/h21-24H,3-20H2,1-2H3. The maximum Gasteiger partial charge on any atom is 0.126 e. The molecule has 2 fully saturated rings.